The number of carbonyl (C=O) groups excluding carboxylic acids is 2. The van der Waals surface area contributed by atoms with Crippen LogP contribution < -0.4 is 10.2 Å². The van der Waals surface area contributed by atoms with Crippen molar-refractivity contribution in [3.63, 3.8) is 0 Å². The summed E-state index contributed by atoms with van der Waals surface area (Å²) in [5.41, 5.74) is 2.07. The Morgan fingerprint density at radius 3 is 2.53 bits per heavy atom. The van der Waals surface area contributed by atoms with Crippen LogP contribution in [-0.2, 0) is 4.79 Å². The lowest BCUT2D eigenvalue weighted by atomic mass is 10.0. The fourth-order valence-corrected chi connectivity index (χ4v) is 3.22. The maximum atomic E-state index is 12.7. The minimum atomic E-state index is -1.04. The number of hydrogen-bond acceptors (Lipinski definition) is 4. The average molecular weight is 423 g/mol. The molecule has 2 N–H and O–H groups in total. The number of carbonyl (C=O) groups is 3. The SMILES string of the molecule is Cc1ccc(C(=O)O)cc1-c1ccc(/C=C2/NC(=O)N(c3ccc(Cl)cc3)C2=O)o1. The highest BCUT2D eigenvalue weighted by Gasteiger charge is 2.35. The molecule has 2 aromatic carbocycles. The van der Waals surface area contributed by atoms with Crippen LogP contribution in [0.2, 0.25) is 5.02 Å². The van der Waals surface area contributed by atoms with Crippen molar-refractivity contribution >= 4 is 41.3 Å². The molecule has 7 nitrogen and oxygen atoms in total. The third-order valence-electron chi connectivity index (χ3n) is 4.63. The zero-order valence-corrected chi connectivity index (χ0v) is 16.4. The number of aromatic carboxylic acids is 1. The molecule has 3 amide bonds. The average Bonchev–Trinajstić information content (AvgIpc) is 3.27. The number of rotatable bonds is 4. The van der Waals surface area contributed by atoms with E-state index in [1.807, 2.05) is 6.92 Å². The van der Waals surface area contributed by atoms with Crippen molar-refractivity contribution in [3.05, 3.63) is 82.2 Å². The van der Waals surface area contributed by atoms with Crippen molar-refractivity contribution in [3.8, 4) is 11.3 Å². The summed E-state index contributed by atoms with van der Waals surface area (Å²) in [4.78, 5) is 37.2. The summed E-state index contributed by atoms with van der Waals surface area (Å²) in [6.45, 7) is 1.84. The van der Waals surface area contributed by atoms with Crippen LogP contribution in [0.4, 0.5) is 10.5 Å². The van der Waals surface area contributed by atoms with E-state index in [1.54, 1.807) is 42.5 Å². The van der Waals surface area contributed by atoms with Crippen molar-refractivity contribution in [2.45, 2.75) is 6.92 Å². The molecule has 0 atom stereocenters. The van der Waals surface area contributed by atoms with Gasteiger partial charge in [-0.05, 0) is 61.0 Å². The first-order valence-electron chi connectivity index (χ1n) is 8.90. The first-order valence-corrected chi connectivity index (χ1v) is 9.28. The van der Waals surface area contributed by atoms with Crippen LogP contribution >= 0.6 is 11.6 Å². The van der Waals surface area contributed by atoms with Gasteiger partial charge >= 0.3 is 12.0 Å². The van der Waals surface area contributed by atoms with Crippen LogP contribution in [0.15, 0.2) is 64.7 Å². The van der Waals surface area contributed by atoms with Crippen LogP contribution in [0.25, 0.3) is 17.4 Å². The smallest absolute Gasteiger partial charge is 0.335 e. The van der Waals surface area contributed by atoms with Crippen LogP contribution in [-0.4, -0.2) is 23.0 Å². The molecule has 4 rings (SSSR count). The van der Waals surface area contributed by atoms with Gasteiger partial charge in [-0.15, -0.1) is 0 Å². The summed E-state index contributed by atoms with van der Waals surface area (Å²) in [6, 6.07) is 13.8. The fourth-order valence-electron chi connectivity index (χ4n) is 3.10. The third-order valence-corrected chi connectivity index (χ3v) is 4.88. The van der Waals surface area contributed by atoms with Crippen molar-refractivity contribution in [1.29, 1.82) is 0 Å². The molecule has 3 aromatic rings. The van der Waals surface area contributed by atoms with E-state index in [1.165, 1.54) is 18.2 Å². The first kappa shape index (κ1) is 19.5. The standard InChI is InChI=1S/C22H15ClN2O5/c1-12-2-3-13(21(27)28)10-17(12)19-9-8-16(30-19)11-18-20(26)25(22(29)24-18)15-6-4-14(23)5-7-15/h2-11H,1H3,(H,24,29)(H,27,28)/b18-11+. The van der Waals surface area contributed by atoms with E-state index in [2.05, 4.69) is 5.32 Å². The molecule has 0 unspecified atom stereocenters. The fraction of sp³-hybridized carbons (Fsp3) is 0.0455. The zero-order chi connectivity index (χ0) is 21.4. The second kappa shape index (κ2) is 7.53. The van der Waals surface area contributed by atoms with Crippen molar-refractivity contribution in [2.75, 3.05) is 4.90 Å². The minimum absolute atomic E-state index is 0.0619. The van der Waals surface area contributed by atoms with Gasteiger partial charge in [-0.3, -0.25) is 4.79 Å². The van der Waals surface area contributed by atoms with Crippen molar-refractivity contribution < 1.29 is 23.9 Å². The number of nitrogens with one attached hydrogen (secondary N) is 1. The number of carboxylic acids is 1. The molecule has 0 saturated carbocycles. The number of benzene rings is 2. The van der Waals surface area contributed by atoms with E-state index in [0.29, 0.717) is 27.8 Å². The number of imide groups is 1. The molecule has 30 heavy (non-hydrogen) atoms. The van der Waals surface area contributed by atoms with Crippen LogP contribution in [0.5, 0.6) is 0 Å². The Morgan fingerprint density at radius 1 is 1.10 bits per heavy atom. The minimum Gasteiger partial charge on any atom is -0.478 e. The molecule has 2 heterocycles. The van der Waals surface area contributed by atoms with Gasteiger partial charge in [0.05, 0.1) is 11.3 Å². The molecule has 150 valence electrons. The van der Waals surface area contributed by atoms with Gasteiger partial charge in [-0.1, -0.05) is 17.7 Å². The summed E-state index contributed by atoms with van der Waals surface area (Å²) >= 11 is 5.86. The number of anilines is 1. The van der Waals surface area contributed by atoms with Crippen molar-refractivity contribution in [1.82, 2.24) is 5.32 Å². The Labute approximate surface area is 176 Å². The van der Waals surface area contributed by atoms with Gasteiger partial charge in [0.25, 0.3) is 5.91 Å². The Morgan fingerprint density at radius 2 is 1.83 bits per heavy atom. The summed E-state index contributed by atoms with van der Waals surface area (Å²) in [6.07, 6.45) is 1.43. The van der Waals surface area contributed by atoms with Gasteiger partial charge in [0.15, 0.2) is 0 Å². The highest BCUT2D eigenvalue weighted by atomic mass is 35.5. The van der Waals surface area contributed by atoms with Gasteiger partial charge in [0, 0.05) is 16.7 Å². The Kier molecular flexibility index (Phi) is 4.89. The van der Waals surface area contributed by atoms with E-state index < -0.39 is 17.9 Å². The number of furan rings is 1. The van der Waals surface area contributed by atoms with Gasteiger partial charge in [0.1, 0.15) is 17.2 Å². The van der Waals surface area contributed by atoms with E-state index in [0.717, 1.165) is 10.5 Å². The lowest BCUT2D eigenvalue weighted by Crippen LogP contribution is -2.30. The maximum absolute atomic E-state index is 12.7. The number of amides is 3. The summed E-state index contributed by atoms with van der Waals surface area (Å²) in [5, 5.41) is 12.2. The second-order valence-corrected chi connectivity index (χ2v) is 7.08. The molecule has 0 aliphatic carbocycles. The van der Waals surface area contributed by atoms with Crippen LogP contribution in [0.1, 0.15) is 21.7 Å². The number of aryl methyl sites for hydroxylation is 1. The van der Waals surface area contributed by atoms with E-state index >= 15 is 0 Å². The number of hydrogen-bond donors (Lipinski definition) is 2. The highest BCUT2D eigenvalue weighted by molar-refractivity contribution is 6.31. The molecule has 0 radical (unpaired) electrons. The summed E-state index contributed by atoms with van der Waals surface area (Å²) in [7, 11) is 0. The van der Waals surface area contributed by atoms with Gasteiger partial charge in [-0.2, -0.15) is 0 Å². The predicted molar refractivity (Wildman–Crippen MR) is 111 cm³/mol. The highest BCUT2D eigenvalue weighted by Crippen LogP contribution is 2.29. The van der Waals surface area contributed by atoms with E-state index in [9.17, 15) is 19.5 Å². The van der Waals surface area contributed by atoms with Gasteiger partial charge < -0.3 is 14.8 Å². The summed E-state index contributed by atoms with van der Waals surface area (Å²) in [5.74, 6) is -0.767. The molecule has 1 aliphatic rings. The molecular weight excluding hydrogens is 408 g/mol. The first-order chi connectivity index (χ1) is 14.3. The second-order valence-electron chi connectivity index (χ2n) is 6.64. The molecule has 1 aliphatic heterocycles. The van der Waals surface area contributed by atoms with Crippen LogP contribution in [0, 0.1) is 6.92 Å². The molecular formula is C22H15ClN2O5. The Hall–Kier alpha value is -3.84. The number of halogens is 1. The lowest BCUT2D eigenvalue weighted by molar-refractivity contribution is -0.113. The number of urea groups is 1. The molecule has 1 fully saturated rings. The quantitative estimate of drug-likeness (QED) is 0.468. The van der Waals surface area contributed by atoms with E-state index in [-0.39, 0.29) is 11.3 Å². The van der Waals surface area contributed by atoms with Gasteiger partial charge in [-0.25, -0.2) is 14.5 Å². The van der Waals surface area contributed by atoms with Gasteiger partial charge in [0.2, 0.25) is 0 Å². The van der Waals surface area contributed by atoms with Crippen molar-refractivity contribution in [2.24, 2.45) is 0 Å². The predicted octanol–water partition coefficient (Wildman–Crippen LogP) is 4.70. The largest absolute Gasteiger partial charge is 0.478 e. The van der Waals surface area contributed by atoms with Crippen LogP contribution in [0.3, 0.4) is 0 Å². The maximum Gasteiger partial charge on any atom is 0.335 e. The zero-order valence-electron chi connectivity index (χ0n) is 15.7. The summed E-state index contributed by atoms with van der Waals surface area (Å²) < 4.78 is 5.78. The molecule has 0 spiro atoms. The molecule has 1 saturated heterocycles. The normalized spacial score (nSPS) is 15.0. The molecule has 8 heteroatoms. The lowest BCUT2D eigenvalue weighted by Gasteiger charge is -2.11. The number of carboxylic acid groups (broad SMARTS) is 1. The molecule has 1 aromatic heterocycles. The Balaban J connectivity index is 1.63. The monoisotopic (exact) mass is 422 g/mol. The van der Waals surface area contributed by atoms with E-state index in [4.69, 9.17) is 16.0 Å². The third kappa shape index (κ3) is 3.58. The topological polar surface area (TPSA) is 99.9 Å². The number of nitrogens with zero attached hydrogens (tertiary/aromatic N) is 1. The molecule has 0 bridgehead atoms. The Bertz CT molecular complexity index is 1210.